The quantitative estimate of drug-likeness (QED) is 0.0446. The molecule has 0 aliphatic carbocycles. The third-order valence-corrected chi connectivity index (χ3v) is 9.30. The highest BCUT2D eigenvalue weighted by molar-refractivity contribution is 7.80. The lowest BCUT2D eigenvalue weighted by Gasteiger charge is -2.04. The lowest BCUT2D eigenvalue weighted by molar-refractivity contribution is 0.516. The summed E-state index contributed by atoms with van der Waals surface area (Å²) in [5.74, 6) is 1.06. The molecule has 4 heteroatoms. The molecule has 0 nitrogen and oxygen atoms in total. The summed E-state index contributed by atoms with van der Waals surface area (Å²) in [4.78, 5) is 0. The van der Waals surface area contributed by atoms with E-state index in [1.54, 1.807) is 0 Å². The van der Waals surface area contributed by atoms with Gasteiger partial charge in [-0.05, 0) is 18.2 Å². The molecule has 0 rings (SSSR count). The molecule has 0 bridgehead atoms. The van der Waals surface area contributed by atoms with E-state index >= 15 is 0 Å². The Hall–Kier alpha value is 1.15. The Balaban J connectivity index is 3.00. The Bertz CT molecular complexity index is 329. The first-order valence-corrected chi connectivity index (χ1v) is 19.6. The van der Waals surface area contributed by atoms with Crippen molar-refractivity contribution >= 4 is 42.2 Å². The topological polar surface area (TPSA) is 0 Å². The molecule has 0 N–H and O–H groups in total. The van der Waals surface area contributed by atoms with Crippen molar-refractivity contribution in [3.63, 3.8) is 0 Å². The van der Waals surface area contributed by atoms with Gasteiger partial charge in [0, 0.05) is 0 Å². The molecule has 194 valence electrons. The van der Waals surface area contributed by atoms with E-state index in [9.17, 15) is 0 Å². The maximum atomic E-state index is 5.89. The predicted octanol–water partition coefficient (Wildman–Crippen LogP) is 11.8. The van der Waals surface area contributed by atoms with Gasteiger partial charge in [-0.15, -0.1) is 0 Å². The summed E-state index contributed by atoms with van der Waals surface area (Å²) >= 11 is 16.1. The Labute approximate surface area is 220 Å². The highest BCUT2D eigenvalue weighted by Crippen LogP contribution is 2.16. The molecule has 0 atom stereocenters. The van der Waals surface area contributed by atoms with Gasteiger partial charge in [-0.1, -0.05) is 161 Å². The molecule has 0 aromatic carbocycles. The molecule has 0 radical (unpaired) electrons. The molecule has 0 fully saturated rings. The van der Waals surface area contributed by atoms with Gasteiger partial charge in [0.1, 0.15) is 0 Å². The van der Waals surface area contributed by atoms with Crippen LogP contribution in [-0.2, 0) is 0 Å². The second-order valence-corrected chi connectivity index (χ2v) is 15.7. The van der Waals surface area contributed by atoms with Crippen LogP contribution in [0.4, 0.5) is 0 Å². The zero-order valence-electron chi connectivity index (χ0n) is 21.6. The Morgan fingerprint density at radius 3 is 0.688 bits per heavy atom. The molecule has 0 saturated heterocycles. The molecular formula is C28H58Cl2SSi. The van der Waals surface area contributed by atoms with Crippen molar-refractivity contribution in [3.8, 4) is 0 Å². The molecule has 0 aromatic heterocycles. The van der Waals surface area contributed by atoms with Crippen LogP contribution in [0.15, 0.2) is 0 Å². The first-order chi connectivity index (χ1) is 15.8. The number of rotatable bonds is 28. The van der Waals surface area contributed by atoms with Gasteiger partial charge < -0.3 is 0 Å². The van der Waals surface area contributed by atoms with Crippen molar-refractivity contribution in [1.82, 2.24) is 0 Å². The second-order valence-electron chi connectivity index (χ2n) is 10.1. The molecule has 0 aromatic rings. The first-order valence-electron chi connectivity index (χ1n) is 14.7. The van der Waals surface area contributed by atoms with E-state index < -0.39 is 7.42 Å². The van der Waals surface area contributed by atoms with Crippen molar-refractivity contribution in [3.05, 3.63) is 0 Å². The maximum absolute atomic E-state index is 5.89. The van der Waals surface area contributed by atoms with Gasteiger partial charge in [0.15, 0.2) is 0 Å². The molecule has 0 amide bonds. The van der Waals surface area contributed by atoms with E-state index in [-0.39, 0.29) is 0 Å². The van der Waals surface area contributed by atoms with Gasteiger partial charge in [0.25, 0.3) is 0 Å². The second kappa shape index (κ2) is 30.2. The van der Waals surface area contributed by atoms with Crippen LogP contribution in [0.25, 0.3) is 0 Å². The number of unbranched alkanes of at least 4 members (excludes halogenated alkanes) is 25. The fraction of sp³-hybridized carbons (Fsp3) is 1.00. The summed E-state index contributed by atoms with van der Waals surface area (Å²) < 4.78 is 0. The molecular weight excluding hydrogens is 467 g/mol. The molecule has 0 spiro atoms. The minimum Gasteiger partial charge on any atom is -0.179 e. The lowest BCUT2D eigenvalue weighted by Crippen LogP contribution is -1.91. The molecule has 0 saturated carbocycles. The van der Waals surface area contributed by atoms with Gasteiger partial charge in [0.2, 0.25) is 7.42 Å². The Morgan fingerprint density at radius 2 is 0.500 bits per heavy atom. The van der Waals surface area contributed by atoms with Crippen LogP contribution < -0.4 is 0 Å². The van der Waals surface area contributed by atoms with E-state index in [1.165, 1.54) is 167 Å². The smallest absolute Gasteiger partial charge is 0.179 e. The fourth-order valence-corrected chi connectivity index (χ4v) is 6.40. The summed E-state index contributed by atoms with van der Waals surface area (Å²) in [5.41, 5.74) is 0. The van der Waals surface area contributed by atoms with E-state index in [1.807, 2.05) is 0 Å². The van der Waals surface area contributed by atoms with E-state index in [2.05, 4.69) is 12.6 Å². The van der Waals surface area contributed by atoms with Crippen LogP contribution in [0.2, 0.25) is 6.04 Å². The summed E-state index contributed by atoms with van der Waals surface area (Å²) in [6.45, 7) is 0. The highest BCUT2D eigenvalue weighted by Gasteiger charge is 2.00. The van der Waals surface area contributed by atoms with Crippen LogP contribution in [0, 0.1) is 0 Å². The number of hydrogen-bond donors (Lipinski definition) is 1. The van der Waals surface area contributed by atoms with Crippen LogP contribution in [0.1, 0.15) is 167 Å². The monoisotopic (exact) mass is 524 g/mol. The summed E-state index contributed by atoms with van der Waals surface area (Å²) in [6, 6.07) is 1.10. The van der Waals surface area contributed by atoms with Crippen molar-refractivity contribution in [2.24, 2.45) is 0 Å². The molecule has 0 heterocycles. The van der Waals surface area contributed by atoms with E-state index in [0.29, 0.717) is 0 Å². The third kappa shape index (κ3) is 31.1. The lowest BCUT2D eigenvalue weighted by atomic mass is 10.0. The van der Waals surface area contributed by atoms with E-state index in [0.717, 1.165) is 11.8 Å². The average Bonchev–Trinajstić information content (AvgIpc) is 2.78. The van der Waals surface area contributed by atoms with Gasteiger partial charge >= 0.3 is 0 Å². The molecule has 0 unspecified atom stereocenters. The van der Waals surface area contributed by atoms with Crippen LogP contribution in [0.5, 0.6) is 0 Å². The zero-order valence-corrected chi connectivity index (χ0v) is 25.1. The number of halogens is 2. The predicted molar refractivity (Wildman–Crippen MR) is 158 cm³/mol. The van der Waals surface area contributed by atoms with Crippen molar-refractivity contribution in [2.75, 3.05) is 5.75 Å². The van der Waals surface area contributed by atoms with Crippen molar-refractivity contribution < 1.29 is 0 Å². The minimum atomic E-state index is -1.33. The van der Waals surface area contributed by atoms with Crippen LogP contribution >= 0.6 is 34.8 Å². The van der Waals surface area contributed by atoms with E-state index in [4.69, 9.17) is 22.2 Å². The number of hydrogen-bond acceptors (Lipinski definition) is 1. The Kier molecular flexibility index (Phi) is 31.3. The number of thiol groups is 1. The molecule has 32 heavy (non-hydrogen) atoms. The normalized spacial score (nSPS) is 11.6. The van der Waals surface area contributed by atoms with Crippen LogP contribution in [-0.4, -0.2) is 13.2 Å². The molecule has 0 aliphatic heterocycles. The highest BCUT2D eigenvalue weighted by atomic mass is 35.7. The third-order valence-electron chi connectivity index (χ3n) is 6.83. The SMILES string of the molecule is SCCCCCCCCCCCCCCCCCCCCCCCCCCCC[SiH](Cl)Cl. The summed E-state index contributed by atoms with van der Waals surface area (Å²) in [7, 11) is -1.33. The summed E-state index contributed by atoms with van der Waals surface area (Å²) in [5, 5.41) is 0. The zero-order chi connectivity index (χ0) is 23.4. The fourth-order valence-electron chi connectivity index (χ4n) is 4.65. The maximum Gasteiger partial charge on any atom is 0.237 e. The summed E-state index contributed by atoms with van der Waals surface area (Å²) in [6.07, 6.45) is 37.3. The van der Waals surface area contributed by atoms with Crippen LogP contribution in [0.3, 0.4) is 0 Å². The van der Waals surface area contributed by atoms with Gasteiger partial charge in [-0.25, -0.2) is 0 Å². The first kappa shape index (κ1) is 33.1. The van der Waals surface area contributed by atoms with Crippen molar-refractivity contribution in [1.29, 1.82) is 0 Å². The van der Waals surface area contributed by atoms with Gasteiger partial charge in [0.05, 0.1) is 0 Å². The molecule has 0 aliphatic rings. The van der Waals surface area contributed by atoms with Gasteiger partial charge in [-0.2, -0.15) is 34.8 Å². The largest absolute Gasteiger partial charge is 0.237 e. The standard InChI is InChI=1S/C28H58Cl2SSi/c29-32(30)28-26-24-22-20-18-16-14-12-10-8-6-4-2-1-3-5-7-9-11-13-15-17-19-21-23-25-27-31/h31-32H,1-28H2. The van der Waals surface area contributed by atoms with Gasteiger partial charge in [-0.3, -0.25) is 0 Å². The minimum absolute atomic E-state index is 1.06. The Morgan fingerprint density at radius 1 is 0.312 bits per heavy atom. The van der Waals surface area contributed by atoms with Crippen molar-refractivity contribution in [2.45, 2.75) is 173 Å². The average molecular weight is 526 g/mol.